The van der Waals surface area contributed by atoms with Gasteiger partial charge >= 0.3 is 0 Å². The van der Waals surface area contributed by atoms with E-state index in [4.69, 9.17) is 9.26 Å². The Morgan fingerprint density at radius 3 is 2.67 bits per heavy atom. The van der Waals surface area contributed by atoms with Crippen molar-refractivity contribution in [3.05, 3.63) is 71.4 Å². The van der Waals surface area contributed by atoms with E-state index in [0.717, 1.165) is 23.4 Å². The zero-order valence-electron chi connectivity index (χ0n) is 15.5. The number of nitrogens with zero attached hydrogens (tertiary/aromatic N) is 3. The van der Waals surface area contributed by atoms with Crippen LogP contribution in [0.4, 0.5) is 10.3 Å². The molecular weight excluding hydrogens is 347 g/mol. The van der Waals surface area contributed by atoms with Crippen LogP contribution in [-0.4, -0.2) is 42.3 Å². The molecule has 0 bridgehead atoms. The molecular formula is C20H23FN4O2. The number of ether oxygens (including phenoxy) is 1. The highest BCUT2D eigenvalue weighted by Gasteiger charge is 2.09. The van der Waals surface area contributed by atoms with Gasteiger partial charge in [0.1, 0.15) is 18.2 Å². The van der Waals surface area contributed by atoms with E-state index in [-0.39, 0.29) is 5.82 Å². The van der Waals surface area contributed by atoms with Crippen LogP contribution in [-0.2, 0) is 13.0 Å². The van der Waals surface area contributed by atoms with Gasteiger partial charge in [0.15, 0.2) is 0 Å². The summed E-state index contributed by atoms with van der Waals surface area (Å²) in [4.78, 5) is 6.40. The van der Waals surface area contributed by atoms with Gasteiger partial charge < -0.3 is 19.5 Å². The molecule has 0 radical (unpaired) electrons. The molecule has 0 saturated heterocycles. The molecule has 1 N–H and O–H groups in total. The first-order valence-corrected chi connectivity index (χ1v) is 8.76. The summed E-state index contributed by atoms with van der Waals surface area (Å²) in [6, 6.07) is 14.1. The van der Waals surface area contributed by atoms with Crippen molar-refractivity contribution < 1.29 is 13.7 Å². The van der Waals surface area contributed by atoms with E-state index in [1.165, 1.54) is 12.1 Å². The van der Waals surface area contributed by atoms with Gasteiger partial charge in [-0.05, 0) is 43.0 Å². The van der Waals surface area contributed by atoms with Gasteiger partial charge in [-0.3, -0.25) is 0 Å². The van der Waals surface area contributed by atoms with Crippen LogP contribution in [0.2, 0.25) is 0 Å². The van der Waals surface area contributed by atoms with Gasteiger partial charge in [0.2, 0.25) is 5.89 Å². The second-order valence-corrected chi connectivity index (χ2v) is 6.43. The number of hydrogen-bond acceptors (Lipinski definition) is 6. The molecule has 2 aromatic carbocycles. The maximum Gasteiger partial charge on any atom is 0.263 e. The lowest BCUT2D eigenvalue weighted by atomic mass is 10.1. The molecule has 0 amide bonds. The molecule has 3 aromatic rings. The fourth-order valence-electron chi connectivity index (χ4n) is 2.48. The predicted octanol–water partition coefficient (Wildman–Crippen LogP) is 3.35. The number of nitrogens with one attached hydrogen (secondary N) is 1. The Bertz CT molecular complexity index is 849. The number of aromatic nitrogens is 2. The summed E-state index contributed by atoms with van der Waals surface area (Å²) in [5, 5.41) is 7.09. The number of anilines is 1. The summed E-state index contributed by atoms with van der Waals surface area (Å²) in [6.45, 7) is 1.99. The molecule has 0 aliphatic rings. The van der Waals surface area contributed by atoms with Crippen molar-refractivity contribution in [2.45, 2.75) is 13.0 Å². The molecule has 3 rings (SSSR count). The van der Waals surface area contributed by atoms with E-state index in [2.05, 4.69) is 20.4 Å². The molecule has 6 nitrogen and oxygen atoms in total. The van der Waals surface area contributed by atoms with Gasteiger partial charge in [-0.15, -0.1) is 0 Å². The summed E-state index contributed by atoms with van der Waals surface area (Å²) in [5.74, 6) is 1.45. The average molecular weight is 370 g/mol. The van der Waals surface area contributed by atoms with Crippen molar-refractivity contribution in [2.24, 2.45) is 0 Å². The van der Waals surface area contributed by atoms with Gasteiger partial charge in [0.25, 0.3) is 5.95 Å². The Balaban J connectivity index is 1.56. The summed E-state index contributed by atoms with van der Waals surface area (Å²) < 4.78 is 24.1. The summed E-state index contributed by atoms with van der Waals surface area (Å²) in [6.07, 6.45) is 0.458. The van der Waals surface area contributed by atoms with Crippen LogP contribution in [0.1, 0.15) is 17.0 Å². The van der Waals surface area contributed by atoms with Gasteiger partial charge in [-0.1, -0.05) is 30.3 Å². The smallest absolute Gasteiger partial charge is 0.263 e. The third kappa shape index (κ3) is 5.79. The highest BCUT2D eigenvalue weighted by atomic mass is 19.1. The van der Waals surface area contributed by atoms with Crippen molar-refractivity contribution in [3.63, 3.8) is 0 Å². The van der Waals surface area contributed by atoms with Crippen molar-refractivity contribution in [1.29, 1.82) is 0 Å². The minimum Gasteiger partial charge on any atom is -0.492 e. The normalized spacial score (nSPS) is 11.0. The first-order chi connectivity index (χ1) is 13.1. The quantitative estimate of drug-likeness (QED) is 0.623. The Morgan fingerprint density at radius 1 is 1.11 bits per heavy atom. The number of para-hydroxylation sites is 1. The van der Waals surface area contributed by atoms with E-state index < -0.39 is 0 Å². The summed E-state index contributed by atoms with van der Waals surface area (Å²) >= 11 is 0. The molecule has 0 spiro atoms. The molecule has 142 valence electrons. The fourth-order valence-corrected chi connectivity index (χ4v) is 2.48. The standard InChI is InChI=1S/C20H23FN4O2/c1-25(2)11-12-26-18-6-4-3-5-16(18)14-22-20-23-19(27-24-20)13-15-7-9-17(21)10-8-15/h3-10H,11-14H2,1-2H3,(H,22,24). The van der Waals surface area contributed by atoms with E-state index in [0.29, 0.717) is 31.4 Å². The number of hydrogen-bond donors (Lipinski definition) is 1. The molecule has 0 saturated carbocycles. The Kier molecular flexibility index (Phi) is 6.38. The monoisotopic (exact) mass is 370 g/mol. The Hall–Kier alpha value is -2.93. The van der Waals surface area contributed by atoms with Crippen LogP contribution in [0.5, 0.6) is 5.75 Å². The zero-order valence-corrected chi connectivity index (χ0v) is 15.5. The molecule has 0 fully saturated rings. The average Bonchev–Trinajstić information content (AvgIpc) is 3.10. The van der Waals surface area contributed by atoms with E-state index in [1.807, 2.05) is 38.4 Å². The second-order valence-electron chi connectivity index (χ2n) is 6.43. The SMILES string of the molecule is CN(C)CCOc1ccccc1CNc1noc(Cc2ccc(F)cc2)n1. The molecule has 1 heterocycles. The van der Waals surface area contributed by atoms with Crippen LogP contribution in [0.25, 0.3) is 0 Å². The highest BCUT2D eigenvalue weighted by molar-refractivity contribution is 5.36. The zero-order chi connectivity index (χ0) is 19.1. The van der Waals surface area contributed by atoms with Crippen LogP contribution in [0, 0.1) is 5.82 Å². The molecule has 0 aliphatic carbocycles. The molecule has 0 aliphatic heterocycles. The highest BCUT2D eigenvalue weighted by Crippen LogP contribution is 2.19. The van der Waals surface area contributed by atoms with Crippen molar-refractivity contribution >= 4 is 5.95 Å². The van der Waals surface area contributed by atoms with E-state index >= 15 is 0 Å². The molecule has 7 heteroatoms. The van der Waals surface area contributed by atoms with Crippen LogP contribution >= 0.6 is 0 Å². The van der Waals surface area contributed by atoms with Crippen molar-refractivity contribution in [1.82, 2.24) is 15.0 Å². The van der Waals surface area contributed by atoms with Gasteiger partial charge in [0.05, 0.1) is 6.42 Å². The van der Waals surface area contributed by atoms with E-state index in [1.54, 1.807) is 12.1 Å². The predicted molar refractivity (Wildman–Crippen MR) is 101 cm³/mol. The summed E-state index contributed by atoms with van der Waals surface area (Å²) in [7, 11) is 4.02. The molecule has 0 unspecified atom stereocenters. The lowest BCUT2D eigenvalue weighted by Crippen LogP contribution is -2.19. The largest absolute Gasteiger partial charge is 0.492 e. The lowest BCUT2D eigenvalue weighted by molar-refractivity contribution is 0.259. The number of rotatable bonds is 9. The number of benzene rings is 2. The maximum atomic E-state index is 13.0. The Labute approximate surface area is 158 Å². The minimum atomic E-state index is -0.266. The third-order valence-electron chi connectivity index (χ3n) is 3.94. The van der Waals surface area contributed by atoms with Crippen LogP contribution in [0.3, 0.4) is 0 Å². The number of halogens is 1. The van der Waals surface area contributed by atoms with Gasteiger partial charge in [-0.2, -0.15) is 4.98 Å². The van der Waals surface area contributed by atoms with Crippen molar-refractivity contribution in [2.75, 3.05) is 32.6 Å². The first kappa shape index (κ1) is 18.8. The van der Waals surface area contributed by atoms with Crippen molar-refractivity contribution in [3.8, 4) is 5.75 Å². The maximum absolute atomic E-state index is 13.0. The minimum absolute atomic E-state index is 0.266. The Morgan fingerprint density at radius 2 is 1.89 bits per heavy atom. The van der Waals surface area contributed by atoms with E-state index in [9.17, 15) is 4.39 Å². The fraction of sp³-hybridized carbons (Fsp3) is 0.300. The second kappa shape index (κ2) is 9.14. The molecule has 27 heavy (non-hydrogen) atoms. The lowest BCUT2D eigenvalue weighted by Gasteiger charge is -2.14. The van der Waals surface area contributed by atoms with Gasteiger partial charge in [-0.25, -0.2) is 4.39 Å². The summed E-state index contributed by atoms with van der Waals surface area (Å²) in [5.41, 5.74) is 1.92. The topological polar surface area (TPSA) is 63.4 Å². The van der Waals surface area contributed by atoms with Crippen LogP contribution < -0.4 is 10.1 Å². The molecule has 0 atom stereocenters. The molecule has 1 aromatic heterocycles. The third-order valence-corrected chi connectivity index (χ3v) is 3.94. The van der Waals surface area contributed by atoms with Crippen LogP contribution in [0.15, 0.2) is 53.1 Å². The number of likely N-dealkylation sites (N-methyl/N-ethyl adjacent to an activating group) is 1. The van der Waals surface area contributed by atoms with Gasteiger partial charge in [0, 0.05) is 18.7 Å². The first-order valence-electron chi connectivity index (χ1n) is 8.76.